The predicted octanol–water partition coefficient (Wildman–Crippen LogP) is 2.81. The molecule has 1 fully saturated rings. The summed E-state index contributed by atoms with van der Waals surface area (Å²) in [7, 11) is 0. The molecule has 1 aliphatic rings. The second-order valence-electron chi connectivity index (χ2n) is 6.53. The molecule has 27 heavy (non-hydrogen) atoms. The molecule has 1 aromatic carbocycles. The number of carbonyl (C=O) groups is 2. The summed E-state index contributed by atoms with van der Waals surface area (Å²) in [6, 6.07) is 7.10. The van der Waals surface area contributed by atoms with E-state index in [1.807, 2.05) is 18.7 Å². The maximum absolute atomic E-state index is 12.4. The highest BCUT2D eigenvalue weighted by Crippen LogP contribution is 2.24. The van der Waals surface area contributed by atoms with Gasteiger partial charge in [0, 0.05) is 42.7 Å². The first-order valence-electron chi connectivity index (χ1n) is 8.73. The largest absolute Gasteiger partial charge is 0.411 e. The lowest BCUT2D eigenvalue weighted by atomic mass is 10.1. The quantitative estimate of drug-likeness (QED) is 0.708. The minimum Gasteiger partial charge on any atom is -0.411 e. The van der Waals surface area contributed by atoms with Crippen LogP contribution in [0.5, 0.6) is 0 Å². The Morgan fingerprint density at radius 1 is 1.11 bits per heavy atom. The van der Waals surface area contributed by atoms with Crippen LogP contribution in [-0.4, -0.2) is 63.7 Å². The summed E-state index contributed by atoms with van der Waals surface area (Å²) >= 11 is 7.08. The Bertz CT molecular complexity index is 801. The van der Waals surface area contributed by atoms with E-state index in [2.05, 4.69) is 10.2 Å². The van der Waals surface area contributed by atoms with Gasteiger partial charge in [-0.1, -0.05) is 37.2 Å². The van der Waals surface area contributed by atoms with E-state index < -0.39 is 0 Å². The van der Waals surface area contributed by atoms with E-state index in [0.717, 1.165) is 5.56 Å². The Labute approximate surface area is 167 Å². The van der Waals surface area contributed by atoms with Crippen LogP contribution in [0.15, 0.2) is 33.9 Å². The zero-order chi connectivity index (χ0) is 19.4. The molecular weight excluding hydrogens is 388 g/mol. The van der Waals surface area contributed by atoms with E-state index in [1.54, 1.807) is 29.2 Å². The van der Waals surface area contributed by atoms with E-state index >= 15 is 0 Å². The topological polar surface area (TPSA) is 79.5 Å². The highest BCUT2D eigenvalue weighted by atomic mass is 35.5. The van der Waals surface area contributed by atoms with Crippen LogP contribution in [0.2, 0.25) is 5.02 Å². The van der Waals surface area contributed by atoms with Crippen LogP contribution in [0.25, 0.3) is 11.5 Å². The van der Waals surface area contributed by atoms with Gasteiger partial charge in [0.25, 0.3) is 5.22 Å². The van der Waals surface area contributed by atoms with Gasteiger partial charge in [-0.3, -0.25) is 9.59 Å². The fourth-order valence-corrected chi connectivity index (χ4v) is 3.53. The number of thioether (sulfide) groups is 1. The van der Waals surface area contributed by atoms with E-state index in [9.17, 15) is 9.59 Å². The van der Waals surface area contributed by atoms with Crippen molar-refractivity contribution in [1.29, 1.82) is 0 Å². The first-order valence-corrected chi connectivity index (χ1v) is 10.1. The normalized spacial score (nSPS) is 14.7. The van der Waals surface area contributed by atoms with E-state index in [1.165, 1.54) is 11.8 Å². The Balaban J connectivity index is 1.49. The molecule has 144 valence electrons. The number of piperazine rings is 1. The molecule has 0 spiro atoms. The smallest absolute Gasteiger partial charge is 0.277 e. The van der Waals surface area contributed by atoms with Gasteiger partial charge in [-0.2, -0.15) is 0 Å². The molecule has 7 nitrogen and oxygen atoms in total. The monoisotopic (exact) mass is 408 g/mol. The molecule has 2 aromatic rings. The Kier molecular flexibility index (Phi) is 6.38. The number of hydrogen-bond donors (Lipinski definition) is 0. The average molecular weight is 409 g/mol. The van der Waals surface area contributed by atoms with E-state index in [4.69, 9.17) is 16.0 Å². The summed E-state index contributed by atoms with van der Waals surface area (Å²) < 4.78 is 5.60. The highest BCUT2D eigenvalue weighted by molar-refractivity contribution is 7.99. The number of benzene rings is 1. The van der Waals surface area contributed by atoms with Gasteiger partial charge in [-0.25, -0.2) is 0 Å². The minimum atomic E-state index is -0.0184. The van der Waals surface area contributed by atoms with Crippen LogP contribution >= 0.6 is 23.4 Å². The third-order valence-corrected chi connectivity index (χ3v) is 5.31. The van der Waals surface area contributed by atoms with Crippen molar-refractivity contribution < 1.29 is 14.0 Å². The molecule has 2 amide bonds. The van der Waals surface area contributed by atoms with Crippen LogP contribution in [0.1, 0.15) is 13.8 Å². The molecule has 0 unspecified atom stereocenters. The lowest BCUT2D eigenvalue weighted by molar-refractivity contribution is -0.140. The zero-order valence-corrected chi connectivity index (χ0v) is 16.8. The van der Waals surface area contributed by atoms with Gasteiger partial charge >= 0.3 is 0 Å². The minimum absolute atomic E-state index is 0.00267. The molecule has 0 atom stereocenters. The number of aromatic nitrogens is 2. The van der Waals surface area contributed by atoms with Crippen molar-refractivity contribution in [1.82, 2.24) is 20.0 Å². The molecule has 1 aliphatic heterocycles. The zero-order valence-electron chi connectivity index (χ0n) is 15.2. The summed E-state index contributed by atoms with van der Waals surface area (Å²) in [6.07, 6.45) is 0. The Morgan fingerprint density at radius 2 is 1.74 bits per heavy atom. The molecule has 2 heterocycles. The summed E-state index contributed by atoms with van der Waals surface area (Å²) in [4.78, 5) is 28.0. The van der Waals surface area contributed by atoms with Crippen molar-refractivity contribution in [2.24, 2.45) is 5.92 Å². The van der Waals surface area contributed by atoms with Crippen molar-refractivity contribution in [3.63, 3.8) is 0 Å². The number of rotatable bonds is 5. The molecule has 1 saturated heterocycles. The number of halogens is 1. The number of amides is 2. The number of hydrogen-bond acceptors (Lipinski definition) is 6. The van der Waals surface area contributed by atoms with Gasteiger partial charge in [0.15, 0.2) is 0 Å². The van der Waals surface area contributed by atoms with Gasteiger partial charge in [-0.15, -0.1) is 10.2 Å². The number of nitrogens with zero attached hydrogens (tertiary/aromatic N) is 4. The van der Waals surface area contributed by atoms with Crippen molar-refractivity contribution in [3.05, 3.63) is 29.3 Å². The number of carbonyl (C=O) groups excluding carboxylic acids is 2. The molecule has 0 aliphatic carbocycles. The molecule has 0 saturated carbocycles. The predicted molar refractivity (Wildman–Crippen MR) is 103 cm³/mol. The second kappa shape index (κ2) is 8.75. The summed E-state index contributed by atoms with van der Waals surface area (Å²) in [5.74, 6) is 0.734. The van der Waals surface area contributed by atoms with Crippen molar-refractivity contribution in [2.45, 2.75) is 19.1 Å². The standard InChI is InChI=1S/C18H21ClN4O3S/c1-12(2)17(25)23-9-7-22(8-10-23)15(24)11-27-18-21-20-16(26-18)13-3-5-14(19)6-4-13/h3-6,12H,7-11H2,1-2H3. The first kappa shape index (κ1) is 19.7. The Hall–Kier alpha value is -2.06. The van der Waals surface area contributed by atoms with Crippen LogP contribution in [-0.2, 0) is 9.59 Å². The van der Waals surface area contributed by atoms with Gasteiger partial charge in [0.2, 0.25) is 17.7 Å². The van der Waals surface area contributed by atoms with Crippen molar-refractivity contribution in [2.75, 3.05) is 31.9 Å². The van der Waals surface area contributed by atoms with E-state index in [-0.39, 0.29) is 23.5 Å². The third kappa shape index (κ3) is 5.01. The summed E-state index contributed by atoms with van der Waals surface area (Å²) in [6.45, 7) is 6.04. The molecule has 0 N–H and O–H groups in total. The first-order chi connectivity index (χ1) is 12.9. The van der Waals surface area contributed by atoms with Crippen LogP contribution in [0.4, 0.5) is 0 Å². The fourth-order valence-electron chi connectivity index (χ4n) is 2.73. The second-order valence-corrected chi connectivity index (χ2v) is 7.89. The average Bonchev–Trinajstić information content (AvgIpc) is 3.15. The molecular formula is C18H21ClN4O3S. The van der Waals surface area contributed by atoms with Gasteiger partial charge in [0.05, 0.1) is 5.75 Å². The maximum atomic E-state index is 12.4. The van der Waals surface area contributed by atoms with Crippen LogP contribution < -0.4 is 0 Å². The highest BCUT2D eigenvalue weighted by Gasteiger charge is 2.25. The molecule has 1 aromatic heterocycles. The lowest BCUT2D eigenvalue weighted by Gasteiger charge is -2.35. The van der Waals surface area contributed by atoms with Crippen molar-refractivity contribution >= 4 is 35.2 Å². The fraction of sp³-hybridized carbons (Fsp3) is 0.444. The maximum Gasteiger partial charge on any atom is 0.277 e. The Morgan fingerprint density at radius 3 is 2.37 bits per heavy atom. The summed E-state index contributed by atoms with van der Waals surface area (Å²) in [5, 5.41) is 8.96. The van der Waals surface area contributed by atoms with Gasteiger partial charge < -0.3 is 14.2 Å². The molecule has 0 bridgehead atoms. The van der Waals surface area contributed by atoms with Crippen LogP contribution in [0, 0.1) is 5.92 Å². The lowest BCUT2D eigenvalue weighted by Crippen LogP contribution is -2.51. The van der Waals surface area contributed by atoms with Gasteiger partial charge in [-0.05, 0) is 24.3 Å². The summed E-state index contributed by atoms with van der Waals surface area (Å²) in [5.41, 5.74) is 0.774. The molecule has 9 heteroatoms. The van der Waals surface area contributed by atoms with Gasteiger partial charge in [0.1, 0.15) is 0 Å². The molecule has 0 radical (unpaired) electrons. The molecule has 3 rings (SSSR count). The van der Waals surface area contributed by atoms with Crippen molar-refractivity contribution in [3.8, 4) is 11.5 Å². The SMILES string of the molecule is CC(C)C(=O)N1CCN(C(=O)CSc2nnc(-c3ccc(Cl)cc3)o2)CC1. The third-order valence-electron chi connectivity index (χ3n) is 4.25. The van der Waals surface area contributed by atoms with Crippen LogP contribution in [0.3, 0.4) is 0 Å². The van der Waals surface area contributed by atoms with E-state index in [0.29, 0.717) is 42.3 Å².